The van der Waals surface area contributed by atoms with E-state index in [-0.39, 0.29) is 29.4 Å². The Kier molecular flexibility index (Phi) is 6.40. The predicted octanol–water partition coefficient (Wildman–Crippen LogP) is 2.43. The third-order valence-corrected chi connectivity index (χ3v) is 5.18. The second-order valence-electron chi connectivity index (χ2n) is 4.77. The monoisotopic (exact) mass is 386 g/mol. The van der Waals surface area contributed by atoms with Crippen LogP contribution in [-0.4, -0.2) is 27.0 Å². The highest BCUT2D eigenvalue weighted by Crippen LogP contribution is 2.20. The Morgan fingerprint density at radius 2 is 2.15 bits per heavy atom. The first-order chi connectivity index (χ1) is 8.88. The van der Waals surface area contributed by atoms with Gasteiger partial charge in [0.05, 0.1) is 0 Å². The van der Waals surface area contributed by atoms with Crippen molar-refractivity contribution in [3.8, 4) is 0 Å². The molecule has 20 heavy (non-hydrogen) atoms. The van der Waals surface area contributed by atoms with Crippen molar-refractivity contribution in [3.05, 3.63) is 28.5 Å². The summed E-state index contributed by atoms with van der Waals surface area (Å²) in [4.78, 5) is -0.304. The first kappa shape index (κ1) is 17.8. The number of nitrogens with one attached hydrogen (secondary N) is 2. The van der Waals surface area contributed by atoms with Crippen molar-refractivity contribution in [1.29, 1.82) is 0 Å². The maximum atomic E-state index is 13.7. The lowest BCUT2D eigenvalue weighted by molar-refractivity contribution is 0.361. The molecule has 0 amide bonds. The van der Waals surface area contributed by atoms with E-state index in [0.29, 0.717) is 17.3 Å². The van der Waals surface area contributed by atoms with Crippen molar-refractivity contribution in [3.63, 3.8) is 0 Å². The zero-order valence-electron chi connectivity index (χ0n) is 10.9. The minimum absolute atomic E-state index is 0. The third-order valence-electron chi connectivity index (χ3n) is 3.13. The molecule has 0 aromatic heterocycles. The fourth-order valence-electron chi connectivity index (χ4n) is 2.22. The van der Waals surface area contributed by atoms with Crippen LogP contribution in [0.5, 0.6) is 0 Å². The van der Waals surface area contributed by atoms with Crippen LogP contribution in [0.15, 0.2) is 27.6 Å². The Morgan fingerprint density at radius 1 is 1.45 bits per heavy atom. The summed E-state index contributed by atoms with van der Waals surface area (Å²) in [6.07, 6.45) is 1.42. The van der Waals surface area contributed by atoms with Gasteiger partial charge in [-0.3, -0.25) is 0 Å². The second kappa shape index (κ2) is 7.17. The average Bonchev–Trinajstić information content (AvgIpc) is 2.27. The van der Waals surface area contributed by atoms with E-state index >= 15 is 0 Å². The van der Waals surface area contributed by atoms with Gasteiger partial charge in [0.15, 0.2) is 0 Å². The van der Waals surface area contributed by atoms with Crippen LogP contribution in [-0.2, 0) is 10.0 Å². The molecule has 1 heterocycles. The van der Waals surface area contributed by atoms with E-state index in [2.05, 4.69) is 26.0 Å². The summed E-state index contributed by atoms with van der Waals surface area (Å²) in [5.74, 6) is -0.746. The van der Waals surface area contributed by atoms with E-state index in [4.69, 9.17) is 0 Å². The lowest BCUT2D eigenvalue weighted by Crippen LogP contribution is -2.46. The fraction of sp³-hybridized carbons (Fsp3) is 0.500. The van der Waals surface area contributed by atoms with Gasteiger partial charge in [-0.25, -0.2) is 17.5 Å². The summed E-state index contributed by atoms with van der Waals surface area (Å²) in [6.45, 7) is 2.76. The topological polar surface area (TPSA) is 58.2 Å². The van der Waals surface area contributed by atoms with Crippen molar-refractivity contribution in [2.45, 2.75) is 36.7 Å². The Morgan fingerprint density at radius 3 is 2.75 bits per heavy atom. The average molecular weight is 388 g/mol. The van der Waals surface area contributed by atoms with Crippen molar-refractivity contribution in [2.24, 2.45) is 0 Å². The van der Waals surface area contributed by atoms with E-state index in [1.807, 2.05) is 6.92 Å². The minimum Gasteiger partial charge on any atom is -0.314 e. The van der Waals surface area contributed by atoms with Gasteiger partial charge in [0.1, 0.15) is 10.7 Å². The van der Waals surface area contributed by atoms with Gasteiger partial charge in [-0.15, -0.1) is 12.4 Å². The largest absolute Gasteiger partial charge is 0.314 e. The van der Waals surface area contributed by atoms with Gasteiger partial charge in [0, 0.05) is 16.6 Å². The summed E-state index contributed by atoms with van der Waals surface area (Å²) in [6, 6.07) is 4.05. The molecule has 1 aromatic carbocycles. The summed E-state index contributed by atoms with van der Waals surface area (Å²) in [5.41, 5.74) is 0. The van der Waals surface area contributed by atoms with Crippen LogP contribution in [0, 0.1) is 5.82 Å². The maximum Gasteiger partial charge on any atom is 0.243 e. The number of rotatable bonds is 3. The normalized spacial score (nSPS) is 23.1. The molecule has 0 aliphatic carbocycles. The zero-order chi connectivity index (χ0) is 14.0. The molecule has 2 N–H and O–H groups in total. The molecule has 2 rings (SSSR count). The van der Waals surface area contributed by atoms with E-state index < -0.39 is 15.8 Å². The van der Waals surface area contributed by atoms with Crippen LogP contribution in [0.25, 0.3) is 0 Å². The summed E-state index contributed by atoms with van der Waals surface area (Å²) < 4.78 is 41.1. The van der Waals surface area contributed by atoms with Gasteiger partial charge in [-0.1, -0.05) is 15.9 Å². The molecule has 0 spiro atoms. The molecule has 114 valence electrons. The first-order valence-electron chi connectivity index (χ1n) is 6.09. The molecule has 0 bridgehead atoms. The van der Waals surface area contributed by atoms with Gasteiger partial charge in [-0.2, -0.15) is 0 Å². The summed E-state index contributed by atoms with van der Waals surface area (Å²) in [7, 11) is -3.80. The Balaban J connectivity index is 0.00000200. The molecule has 0 radical (unpaired) electrons. The highest BCUT2D eigenvalue weighted by molar-refractivity contribution is 9.10. The molecule has 1 aliphatic heterocycles. The molecular formula is C12H17BrClFN2O2S. The number of hydrogen-bond acceptors (Lipinski definition) is 3. The SMILES string of the molecule is CC1CC(NS(=O)(=O)c2ccc(Br)cc2F)CCN1.Cl. The first-order valence-corrected chi connectivity index (χ1v) is 8.37. The molecule has 8 heteroatoms. The third kappa shape index (κ3) is 4.39. The lowest BCUT2D eigenvalue weighted by atomic mass is 10.0. The van der Waals surface area contributed by atoms with Gasteiger partial charge in [-0.05, 0) is 44.5 Å². The van der Waals surface area contributed by atoms with Crippen molar-refractivity contribution in [1.82, 2.24) is 10.0 Å². The summed E-state index contributed by atoms with van der Waals surface area (Å²) >= 11 is 3.11. The van der Waals surface area contributed by atoms with E-state index in [0.717, 1.165) is 12.6 Å². The smallest absolute Gasteiger partial charge is 0.243 e. The van der Waals surface area contributed by atoms with Gasteiger partial charge < -0.3 is 5.32 Å². The molecule has 4 nitrogen and oxygen atoms in total. The van der Waals surface area contributed by atoms with Crippen LogP contribution in [0.3, 0.4) is 0 Å². The maximum absolute atomic E-state index is 13.7. The molecule has 1 fully saturated rings. The van der Waals surface area contributed by atoms with Gasteiger partial charge >= 0.3 is 0 Å². The Hall–Kier alpha value is -0.210. The predicted molar refractivity (Wildman–Crippen MR) is 82.2 cm³/mol. The molecule has 1 aliphatic rings. The highest BCUT2D eigenvalue weighted by Gasteiger charge is 2.26. The quantitative estimate of drug-likeness (QED) is 0.837. The van der Waals surface area contributed by atoms with Crippen LogP contribution in [0.1, 0.15) is 19.8 Å². The van der Waals surface area contributed by atoms with Crippen LogP contribution < -0.4 is 10.0 Å². The Labute approximate surface area is 133 Å². The molecule has 2 atom stereocenters. The van der Waals surface area contributed by atoms with Crippen LogP contribution in [0.4, 0.5) is 4.39 Å². The van der Waals surface area contributed by atoms with Crippen LogP contribution in [0.2, 0.25) is 0 Å². The Bertz CT molecular complexity index is 571. The zero-order valence-corrected chi connectivity index (χ0v) is 14.1. The van der Waals surface area contributed by atoms with E-state index in [1.165, 1.54) is 12.1 Å². The van der Waals surface area contributed by atoms with E-state index in [1.54, 1.807) is 0 Å². The molecule has 0 saturated carbocycles. The number of piperidine rings is 1. The molecular weight excluding hydrogens is 371 g/mol. The second-order valence-corrected chi connectivity index (χ2v) is 7.37. The lowest BCUT2D eigenvalue weighted by Gasteiger charge is -2.28. The molecule has 1 saturated heterocycles. The molecule has 2 unspecified atom stereocenters. The highest BCUT2D eigenvalue weighted by atomic mass is 79.9. The van der Waals surface area contributed by atoms with Crippen molar-refractivity contribution >= 4 is 38.4 Å². The fourth-order valence-corrected chi connectivity index (χ4v) is 3.89. The van der Waals surface area contributed by atoms with E-state index in [9.17, 15) is 12.8 Å². The van der Waals surface area contributed by atoms with Crippen molar-refractivity contribution in [2.75, 3.05) is 6.54 Å². The standard InChI is InChI=1S/C12H16BrFN2O2S.ClH/c1-8-6-10(4-5-15-8)16-19(17,18)12-3-2-9(13)7-11(12)14;/h2-3,7-8,10,15-16H,4-6H2,1H3;1H. The molecule has 1 aromatic rings. The number of halogens is 3. The minimum atomic E-state index is -3.80. The van der Waals surface area contributed by atoms with Crippen LogP contribution >= 0.6 is 28.3 Å². The number of hydrogen-bond donors (Lipinski definition) is 2. The van der Waals surface area contributed by atoms with Gasteiger partial charge in [0.25, 0.3) is 0 Å². The van der Waals surface area contributed by atoms with Gasteiger partial charge in [0.2, 0.25) is 10.0 Å². The van der Waals surface area contributed by atoms with Crippen molar-refractivity contribution < 1.29 is 12.8 Å². The number of benzene rings is 1. The summed E-state index contributed by atoms with van der Waals surface area (Å²) in [5, 5.41) is 3.24. The number of sulfonamides is 1.